The number of carboxylic acid groups (broad SMARTS) is 3. The molecule has 19 nitrogen and oxygen atoms in total. The first-order valence-corrected chi connectivity index (χ1v) is 43.6. The Morgan fingerprint density at radius 1 is 0.465 bits per heavy atom. The van der Waals surface area contributed by atoms with Gasteiger partial charge in [-0.3, -0.25) is 29.3 Å². The van der Waals surface area contributed by atoms with Crippen LogP contribution in [0.3, 0.4) is 0 Å². The van der Waals surface area contributed by atoms with E-state index in [0.717, 1.165) is 110 Å². The zero-order chi connectivity index (χ0) is 91.9. The summed E-state index contributed by atoms with van der Waals surface area (Å²) in [5, 5.41) is 68.2. The topological polar surface area (TPSA) is 305 Å². The highest BCUT2D eigenvalue weighted by atomic mass is 35.5. The van der Waals surface area contributed by atoms with Gasteiger partial charge in [0.1, 0.15) is 34.2 Å². The molecule has 0 amide bonds. The van der Waals surface area contributed by atoms with E-state index in [1.807, 2.05) is 83.1 Å². The largest absolute Gasteiger partial charge is 0.508 e. The summed E-state index contributed by atoms with van der Waals surface area (Å²) in [7, 11) is 0. The van der Waals surface area contributed by atoms with Crippen LogP contribution < -0.4 is 26.8 Å². The maximum absolute atomic E-state index is 13.0. The highest BCUT2D eigenvalue weighted by Gasteiger charge is 2.35. The normalized spacial score (nSPS) is 13.5. The van der Waals surface area contributed by atoms with Crippen molar-refractivity contribution in [3.8, 4) is 56.4 Å². The number of carbonyl (C=O) groups excluding carboxylic acids is 1. The first-order valence-electron chi connectivity index (χ1n) is 42.0. The van der Waals surface area contributed by atoms with Gasteiger partial charge < -0.3 is 50.3 Å². The molecule has 648 valence electrons. The second-order valence-electron chi connectivity index (χ2n) is 33.2. The highest BCUT2D eigenvalue weighted by Crippen LogP contribution is 2.52. The number of halogens is 3. The number of nitrogens with one attached hydrogen (secondary N) is 3. The Kier molecular flexibility index (Phi) is 24.5. The van der Waals surface area contributed by atoms with Crippen LogP contribution in [0.15, 0.2) is 240 Å². The summed E-state index contributed by atoms with van der Waals surface area (Å²) in [6.45, 7) is 25.6. The van der Waals surface area contributed by atoms with Crippen molar-refractivity contribution in [3.63, 3.8) is 0 Å². The molecule has 4 unspecified atom stereocenters. The molecule has 4 atom stereocenters. The number of rotatable bonds is 17. The number of ketones is 1. The number of anilines is 1. The van der Waals surface area contributed by atoms with Gasteiger partial charge in [-0.1, -0.05) is 150 Å². The molecular formula is C106H89Cl3N6O13S. The van der Waals surface area contributed by atoms with Crippen LogP contribution >= 0.6 is 47.4 Å². The minimum absolute atomic E-state index is 0.0114. The van der Waals surface area contributed by atoms with E-state index < -0.39 is 23.9 Å². The molecule has 0 radical (unpaired) electrons. The molecule has 0 spiro atoms. The van der Waals surface area contributed by atoms with Crippen molar-refractivity contribution in [1.29, 1.82) is 0 Å². The number of fused-ring (bicyclic) bond motifs is 9. The first-order chi connectivity index (χ1) is 61.6. The molecule has 23 heteroatoms. The van der Waals surface area contributed by atoms with Crippen molar-refractivity contribution in [2.45, 2.75) is 132 Å². The van der Waals surface area contributed by atoms with Gasteiger partial charge in [0.15, 0.2) is 5.78 Å². The van der Waals surface area contributed by atoms with Gasteiger partial charge in [0, 0.05) is 124 Å². The lowest BCUT2D eigenvalue weighted by atomic mass is 9.75. The maximum Gasteiger partial charge on any atom is 0.336 e. The number of phenolic OH excluding ortho intramolecular Hbond substituents is 2. The monoisotopic (exact) mass is 1790 g/mol. The number of allylic oxidation sites excluding steroid dienone is 5. The van der Waals surface area contributed by atoms with Crippen LogP contribution in [0.2, 0.25) is 10.0 Å². The average molecular weight is 1790 g/mol. The minimum Gasteiger partial charge on any atom is -0.508 e. The van der Waals surface area contributed by atoms with Gasteiger partial charge in [0.05, 0.1) is 59.6 Å². The molecule has 8 N–H and O–H groups in total. The third-order valence-electron chi connectivity index (χ3n) is 24.6. The van der Waals surface area contributed by atoms with E-state index in [4.69, 9.17) is 71.2 Å². The van der Waals surface area contributed by atoms with E-state index in [2.05, 4.69) is 87.0 Å². The molecule has 3 aromatic heterocycles. The van der Waals surface area contributed by atoms with Crippen molar-refractivity contribution in [2.75, 3.05) is 5.32 Å². The van der Waals surface area contributed by atoms with Crippen LogP contribution in [0.25, 0.3) is 105 Å². The van der Waals surface area contributed by atoms with E-state index in [0.29, 0.717) is 119 Å². The summed E-state index contributed by atoms with van der Waals surface area (Å²) in [6, 6.07) is 56.1. The summed E-state index contributed by atoms with van der Waals surface area (Å²) in [5.41, 5.74) is 22.7. The minimum atomic E-state index is -1.09. The molecule has 4 aliphatic carbocycles. The Hall–Kier alpha value is -13.6. The molecule has 0 saturated heterocycles. The number of thiol groups is 1. The van der Waals surface area contributed by atoms with Crippen LogP contribution in [0.5, 0.6) is 11.5 Å². The number of carboxylic acids is 3. The second kappa shape index (κ2) is 35.6. The summed E-state index contributed by atoms with van der Waals surface area (Å²) in [6.07, 6.45) is 3.50. The molecule has 18 rings (SSSR count). The molecule has 0 saturated carbocycles. The van der Waals surface area contributed by atoms with Gasteiger partial charge in [0.25, 0.3) is 0 Å². The number of hydrogen-bond donors (Lipinski definition) is 9. The molecule has 2 aliphatic heterocycles. The summed E-state index contributed by atoms with van der Waals surface area (Å²) in [5.74, 6) is -2.72. The van der Waals surface area contributed by atoms with E-state index in [-0.39, 0.29) is 83.8 Å². The number of aromatic hydroxyl groups is 2. The van der Waals surface area contributed by atoms with Crippen LogP contribution in [0.4, 0.5) is 5.69 Å². The van der Waals surface area contributed by atoms with Crippen molar-refractivity contribution in [3.05, 3.63) is 359 Å². The predicted molar refractivity (Wildman–Crippen MR) is 515 cm³/mol. The molecule has 0 fully saturated rings. The number of aromatic carboxylic acids is 3. The summed E-state index contributed by atoms with van der Waals surface area (Å²) >= 11 is 24.0. The number of phenols is 2. The number of para-hydroxylation sites is 1. The number of hydrogen-bond acceptors (Lipinski definition) is 17. The lowest BCUT2D eigenvalue weighted by Gasteiger charge is -2.29. The van der Waals surface area contributed by atoms with E-state index in [9.17, 15) is 54.3 Å². The van der Waals surface area contributed by atoms with Gasteiger partial charge >= 0.3 is 17.9 Å². The van der Waals surface area contributed by atoms with Crippen molar-refractivity contribution in [1.82, 2.24) is 25.6 Å². The van der Waals surface area contributed by atoms with Crippen molar-refractivity contribution in [2.24, 2.45) is 0 Å². The number of nitrogens with zero attached hydrogens (tertiary/aromatic N) is 3. The third kappa shape index (κ3) is 16.5. The maximum atomic E-state index is 13.0. The van der Waals surface area contributed by atoms with Gasteiger partial charge in [-0.2, -0.15) is 0 Å². The number of aromatic nitrogens is 3. The molecule has 129 heavy (non-hydrogen) atoms. The fourth-order valence-electron chi connectivity index (χ4n) is 18.1. The Morgan fingerprint density at radius 3 is 1.45 bits per heavy atom. The Morgan fingerprint density at radius 2 is 0.930 bits per heavy atom. The molecular weight excluding hydrogens is 1700 g/mol. The van der Waals surface area contributed by atoms with Crippen LogP contribution in [0, 0.1) is 62.3 Å². The van der Waals surface area contributed by atoms with Crippen LogP contribution in [-0.2, 0) is 17.8 Å². The Labute approximate surface area is 763 Å². The molecule has 9 aromatic carbocycles. The molecule has 5 heterocycles. The molecule has 12 aromatic rings. The fourth-order valence-corrected chi connectivity index (χ4v) is 19.1. The SMILES string of the molecule is Cc1ccc2c(C)ccc(C(C)NC(C)c3c(O)c(C)cc4c(-c5ccccc5C(=O)O)c5cc(Cl)c(=O)c(C)c-5oc34)c2n1.Cc1ccc2c(C)ccc(C(C)NC(C)c3c(S)c(C)cc4c(-c5ccccc5C(=O)O)c5cc(Cl)c(=O)c(C)c-5oc34)c2n1.Cc1ccc2cccc(NCc3c(O)ccc4c3CC3=CC(=O)C(Cl)=CC3=C4c3ccccc3C(=O)O)c2n1. The van der Waals surface area contributed by atoms with E-state index >= 15 is 0 Å². The molecule has 0 bridgehead atoms. The number of benzene rings is 11. The quantitative estimate of drug-likeness (QED) is 0.0302. The van der Waals surface area contributed by atoms with E-state index in [1.54, 1.807) is 118 Å². The van der Waals surface area contributed by atoms with Gasteiger partial charge in [-0.15, -0.1) is 12.6 Å². The lowest BCUT2D eigenvalue weighted by molar-refractivity contribution is -0.110. The summed E-state index contributed by atoms with van der Waals surface area (Å²) in [4.78, 5) is 90.7. The van der Waals surface area contributed by atoms with Gasteiger partial charge in [0.2, 0.25) is 10.9 Å². The zero-order valence-corrected chi connectivity index (χ0v) is 75.9. The third-order valence-corrected chi connectivity index (χ3v) is 26.1. The van der Waals surface area contributed by atoms with Gasteiger partial charge in [-0.25, -0.2) is 14.4 Å². The van der Waals surface area contributed by atoms with E-state index in [1.165, 1.54) is 18.2 Å². The molecule has 6 aliphatic rings. The van der Waals surface area contributed by atoms with Crippen molar-refractivity contribution < 1.29 is 53.5 Å². The summed E-state index contributed by atoms with van der Waals surface area (Å²) < 4.78 is 13.2. The van der Waals surface area contributed by atoms with Crippen LogP contribution in [-0.4, -0.2) is 64.2 Å². The lowest BCUT2D eigenvalue weighted by Crippen LogP contribution is -2.24. The average Bonchev–Trinajstić information content (AvgIpc) is 0.735. The van der Waals surface area contributed by atoms with Crippen molar-refractivity contribution >= 4 is 137 Å². The Balaban J connectivity index is 0.000000142. The number of carbonyl (C=O) groups is 4. The second-order valence-corrected chi connectivity index (χ2v) is 34.8. The smallest absolute Gasteiger partial charge is 0.336 e. The standard InChI is InChI=1S/C37H33ClN2O5.C37H33ClN2O4S.C32H23ClN2O4/c1-17-11-13-24(32-23(17)14-12-19(3)39-32)21(5)40-22(6)30-33(41)18(2)15-27-31(25-9-7-8-10-26(25)37(43)44)28-16-29(38)34(42)20(4)35(28)45-36(27)30;1-17-11-13-24(32-23(17)14-12-19(3)39-32)21(5)40-22(6)30-35-27(15-18(2)36(30)45)31(25-9-7-8-10-26(25)37(42)43)28-16-29(38)33(41)20(4)34(28)44-35;1-17-9-10-18-5-4-8-27(31(18)35-17)34-16-25-24-13-19-14-29(37)26(33)15-23(19)30(21(24)11-12-28(25)36)20-6-2-3-7-22(20)32(38)39/h7-16,21-22,40-41H,1-6H3,(H,43,44);7-16,21-22,40,45H,1-6H3,(H,42,43);2-12,14-15,34,36H,13,16H2,1H3,(H,38,39). The van der Waals surface area contributed by atoms with Gasteiger partial charge in [-0.05, 0) is 259 Å². The first kappa shape index (κ1) is 88.8. The predicted octanol–water partition coefficient (Wildman–Crippen LogP) is 24.8. The number of pyridine rings is 3. The number of aryl methyl sites for hydroxylation is 7. The highest BCUT2D eigenvalue weighted by molar-refractivity contribution is 7.80. The fraction of sp³-hybridized carbons (Fsp3) is 0.179. The van der Waals surface area contributed by atoms with Crippen LogP contribution in [0.1, 0.15) is 178 Å². The zero-order valence-electron chi connectivity index (χ0n) is 72.7. The Bertz CT molecular complexity index is 7330.